The van der Waals surface area contributed by atoms with E-state index in [0.29, 0.717) is 12.3 Å². The second kappa shape index (κ2) is 9.33. The number of carbonyl (C=O) groups excluding carboxylic acids is 2. The third kappa shape index (κ3) is 5.56. The summed E-state index contributed by atoms with van der Waals surface area (Å²) in [5.74, 6) is 0.600. The molecule has 2 amide bonds. The number of benzene rings is 1. The molecule has 1 aromatic heterocycles. The van der Waals surface area contributed by atoms with E-state index in [1.54, 1.807) is 0 Å². The first-order chi connectivity index (χ1) is 12.7. The number of likely N-dealkylation sites (tertiary alicyclic amines) is 1. The molecule has 138 valence electrons. The zero-order valence-electron chi connectivity index (χ0n) is 14.6. The van der Waals surface area contributed by atoms with Gasteiger partial charge in [-0.25, -0.2) is 4.98 Å². The second-order valence-electron chi connectivity index (χ2n) is 6.23. The van der Waals surface area contributed by atoms with Crippen LogP contribution < -0.4 is 10.1 Å². The highest BCUT2D eigenvalue weighted by Gasteiger charge is 2.17. The van der Waals surface area contributed by atoms with Crippen LogP contribution in [0.15, 0.2) is 35.7 Å². The van der Waals surface area contributed by atoms with Crippen LogP contribution in [-0.2, 0) is 22.6 Å². The van der Waals surface area contributed by atoms with E-state index in [4.69, 9.17) is 4.74 Å². The molecule has 0 saturated carbocycles. The van der Waals surface area contributed by atoms with Crippen LogP contribution in [0.5, 0.6) is 5.75 Å². The molecule has 0 radical (unpaired) electrons. The molecule has 3 rings (SSSR count). The molecule has 0 spiro atoms. The van der Waals surface area contributed by atoms with Gasteiger partial charge in [-0.2, -0.15) is 0 Å². The van der Waals surface area contributed by atoms with Gasteiger partial charge in [0.05, 0.1) is 18.7 Å². The minimum atomic E-state index is -0.184. The Kier molecular flexibility index (Phi) is 6.60. The number of nitrogens with zero attached hydrogens (tertiary/aromatic N) is 2. The lowest BCUT2D eigenvalue weighted by Gasteiger charge is -2.26. The molecule has 1 aromatic carbocycles. The van der Waals surface area contributed by atoms with E-state index < -0.39 is 0 Å². The summed E-state index contributed by atoms with van der Waals surface area (Å²) < 4.78 is 5.65. The molecule has 1 saturated heterocycles. The van der Waals surface area contributed by atoms with Crippen molar-refractivity contribution < 1.29 is 14.3 Å². The maximum Gasteiger partial charge on any atom is 0.241 e. The maximum atomic E-state index is 12.1. The molecule has 1 aliphatic rings. The summed E-state index contributed by atoms with van der Waals surface area (Å²) in [7, 11) is 0. The van der Waals surface area contributed by atoms with E-state index >= 15 is 0 Å². The maximum absolute atomic E-state index is 12.1. The van der Waals surface area contributed by atoms with Crippen molar-refractivity contribution in [2.75, 3.05) is 19.6 Å². The van der Waals surface area contributed by atoms with Gasteiger partial charge < -0.3 is 15.0 Å². The standard InChI is InChI=1S/C19H23N3O3S/c23-17(20-12-19(24)22-9-5-2-6-10-22)11-15-14-26-18(21-15)13-25-16-7-3-1-4-8-16/h1,3-4,7-8,14H,2,5-6,9-13H2,(H,20,23). The minimum Gasteiger partial charge on any atom is -0.486 e. The van der Waals surface area contributed by atoms with Crippen LogP contribution in [0, 0.1) is 0 Å². The Balaban J connectivity index is 1.40. The van der Waals surface area contributed by atoms with E-state index in [9.17, 15) is 9.59 Å². The third-order valence-electron chi connectivity index (χ3n) is 4.19. The first-order valence-corrected chi connectivity index (χ1v) is 9.74. The normalized spacial score (nSPS) is 14.1. The van der Waals surface area contributed by atoms with E-state index in [1.165, 1.54) is 17.8 Å². The van der Waals surface area contributed by atoms with Crippen molar-refractivity contribution in [3.8, 4) is 5.75 Å². The van der Waals surface area contributed by atoms with Crippen LogP contribution in [0.25, 0.3) is 0 Å². The summed E-state index contributed by atoms with van der Waals surface area (Å²) in [6.07, 6.45) is 3.45. The number of carbonyl (C=O) groups is 2. The Morgan fingerprint density at radius 1 is 1.15 bits per heavy atom. The quantitative estimate of drug-likeness (QED) is 0.809. The Labute approximate surface area is 157 Å². The van der Waals surface area contributed by atoms with E-state index in [2.05, 4.69) is 10.3 Å². The zero-order valence-corrected chi connectivity index (χ0v) is 15.5. The topological polar surface area (TPSA) is 71.5 Å². The van der Waals surface area contributed by atoms with Gasteiger partial charge in [0.2, 0.25) is 11.8 Å². The Morgan fingerprint density at radius 2 is 1.92 bits per heavy atom. The zero-order chi connectivity index (χ0) is 18.2. The minimum absolute atomic E-state index is 0.00622. The van der Waals surface area contributed by atoms with Gasteiger partial charge in [-0.15, -0.1) is 11.3 Å². The lowest BCUT2D eigenvalue weighted by molar-refractivity contribution is -0.133. The van der Waals surface area contributed by atoms with Crippen molar-refractivity contribution in [3.05, 3.63) is 46.4 Å². The molecule has 2 heterocycles. The van der Waals surface area contributed by atoms with Crippen molar-refractivity contribution in [2.45, 2.75) is 32.3 Å². The van der Waals surface area contributed by atoms with Crippen LogP contribution in [0.2, 0.25) is 0 Å². The fourth-order valence-corrected chi connectivity index (χ4v) is 3.52. The van der Waals surface area contributed by atoms with Crippen LogP contribution in [0.4, 0.5) is 0 Å². The highest BCUT2D eigenvalue weighted by atomic mass is 32.1. The molecule has 26 heavy (non-hydrogen) atoms. The van der Waals surface area contributed by atoms with Crippen molar-refractivity contribution in [3.63, 3.8) is 0 Å². The van der Waals surface area contributed by atoms with Crippen molar-refractivity contribution >= 4 is 23.2 Å². The molecule has 6 nitrogen and oxygen atoms in total. The van der Waals surface area contributed by atoms with Crippen molar-refractivity contribution in [1.82, 2.24) is 15.2 Å². The molecule has 0 aliphatic carbocycles. The molecular weight excluding hydrogens is 350 g/mol. The average Bonchev–Trinajstić information content (AvgIpc) is 3.13. The van der Waals surface area contributed by atoms with Crippen molar-refractivity contribution in [1.29, 1.82) is 0 Å². The first kappa shape index (κ1) is 18.4. The molecule has 1 fully saturated rings. The summed E-state index contributed by atoms with van der Waals surface area (Å²) in [5, 5.41) is 5.38. The van der Waals surface area contributed by atoms with E-state index in [1.807, 2.05) is 40.6 Å². The van der Waals surface area contributed by atoms with Crippen LogP contribution in [0.1, 0.15) is 30.0 Å². The van der Waals surface area contributed by atoms with Gasteiger partial charge in [-0.3, -0.25) is 9.59 Å². The number of thiazole rings is 1. The largest absolute Gasteiger partial charge is 0.486 e. The average molecular weight is 373 g/mol. The van der Waals surface area contributed by atoms with Gasteiger partial charge in [0.15, 0.2) is 0 Å². The lowest BCUT2D eigenvalue weighted by atomic mass is 10.1. The number of hydrogen-bond donors (Lipinski definition) is 1. The molecule has 2 aromatic rings. The Hall–Kier alpha value is -2.41. The predicted octanol–water partition coefficient (Wildman–Crippen LogP) is 2.39. The third-order valence-corrected chi connectivity index (χ3v) is 5.06. The van der Waals surface area contributed by atoms with Gasteiger partial charge in [-0.05, 0) is 31.4 Å². The number of rotatable bonds is 7. The first-order valence-electron chi connectivity index (χ1n) is 8.86. The number of aromatic nitrogens is 1. The molecule has 0 unspecified atom stereocenters. The van der Waals surface area contributed by atoms with Gasteiger partial charge in [0.1, 0.15) is 17.4 Å². The van der Waals surface area contributed by atoms with Gasteiger partial charge >= 0.3 is 0 Å². The van der Waals surface area contributed by atoms with Crippen LogP contribution >= 0.6 is 11.3 Å². The number of para-hydroxylation sites is 1. The van der Waals surface area contributed by atoms with E-state index in [-0.39, 0.29) is 24.8 Å². The summed E-state index contributed by atoms with van der Waals surface area (Å²) in [5.41, 5.74) is 0.699. The summed E-state index contributed by atoms with van der Waals surface area (Å²) in [4.78, 5) is 30.3. The molecule has 1 N–H and O–H groups in total. The predicted molar refractivity (Wildman–Crippen MR) is 100 cm³/mol. The van der Waals surface area contributed by atoms with Gasteiger partial charge in [-0.1, -0.05) is 18.2 Å². The summed E-state index contributed by atoms with van der Waals surface area (Å²) in [6, 6.07) is 9.54. The molecule has 0 atom stereocenters. The highest BCUT2D eigenvalue weighted by Crippen LogP contribution is 2.15. The lowest BCUT2D eigenvalue weighted by Crippen LogP contribution is -2.42. The fourth-order valence-electron chi connectivity index (χ4n) is 2.81. The van der Waals surface area contributed by atoms with Gasteiger partial charge in [0, 0.05) is 18.5 Å². The number of ether oxygens (including phenoxy) is 1. The molecule has 0 bridgehead atoms. The summed E-state index contributed by atoms with van der Waals surface area (Å²) >= 11 is 1.47. The molecule has 1 aliphatic heterocycles. The Bertz CT molecular complexity index is 727. The Morgan fingerprint density at radius 3 is 2.69 bits per heavy atom. The van der Waals surface area contributed by atoms with Gasteiger partial charge in [0.25, 0.3) is 0 Å². The molecule has 7 heteroatoms. The SMILES string of the molecule is O=C(Cc1csc(COc2ccccc2)n1)NCC(=O)N1CCCCC1. The monoisotopic (exact) mass is 373 g/mol. The van der Waals surface area contributed by atoms with Crippen LogP contribution in [0.3, 0.4) is 0 Å². The second-order valence-corrected chi connectivity index (χ2v) is 7.17. The smallest absolute Gasteiger partial charge is 0.241 e. The molecular formula is C19H23N3O3S. The highest BCUT2D eigenvalue weighted by molar-refractivity contribution is 7.09. The number of nitrogens with one attached hydrogen (secondary N) is 1. The summed E-state index contributed by atoms with van der Waals surface area (Å²) in [6.45, 7) is 2.04. The number of piperidine rings is 1. The van der Waals surface area contributed by atoms with Crippen molar-refractivity contribution in [2.24, 2.45) is 0 Å². The van der Waals surface area contributed by atoms with E-state index in [0.717, 1.165) is 36.7 Å². The fraction of sp³-hybridized carbons (Fsp3) is 0.421. The van der Waals surface area contributed by atoms with Crippen LogP contribution in [-0.4, -0.2) is 41.3 Å². The number of amides is 2. The number of hydrogen-bond acceptors (Lipinski definition) is 5.